The molecule has 0 fully saturated rings. The summed E-state index contributed by atoms with van der Waals surface area (Å²) in [6, 6.07) is 11.9. The number of nitro groups is 1. The van der Waals surface area contributed by atoms with Crippen molar-refractivity contribution in [1.82, 2.24) is 14.9 Å². The predicted octanol–water partition coefficient (Wildman–Crippen LogP) is 2.90. The third-order valence-electron chi connectivity index (χ3n) is 3.86. The first-order chi connectivity index (χ1) is 13.0. The number of hydrogen-bond donors (Lipinski definition) is 1. The molecule has 8 nitrogen and oxygen atoms in total. The summed E-state index contributed by atoms with van der Waals surface area (Å²) >= 11 is 0. The van der Waals surface area contributed by atoms with Gasteiger partial charge in [0.25, 0.3) is 11.6 Å². The smallest absolute Gasteiger partial charge is 0.294 e. The van der Waals surface area contributed by atoms with E-state index in [-0.39, 0.29) is 17.8 Å². The molecule has 1 N–H and O–H groups in total. The Bertz CT molecular complexity index is 954. The van der Waals surface area contributed by atoms with E-state index in [4.69, 9.17) is 4.74 Å². The van der Waals surface area contributed by atoms with Gasteiger partial charge in [-0.25, -0.2) is 4.98 Å². The molecule has 3 rings (SSSR count). The molecule has 8 heteroatoms. The Balaban J connectivity index is 1.63. The van der Waals surface area contributed by atoms with E-state index in [1.54, 1.807) is 12.3 Å². The number of aryl methyl sites for hydroxylation is 1. The van der Waals surface area contributed by atoms with Gasteiger partial charge in [-0.15, -0.1) is 0 Å². The first kappa shape index (κ1) is 18.1. The third kappa shape index (κ3) is 4.49. The van der Waals surface area contributed by atoms with E-state index < -0.39 is 10.8 Å². The number of amides is 1. The lowest BCUT2D eigenvalue weighted by molar-refractivity contribution is -0.384. The molecular formula is C19H18N4O4. The molecule has 0 unspecified atom stereocenters. The van der Waals surface area contributed by atoms with Crippen LogP contribution in [0, 0.1) is 17.0 Å². The molecule has 3 aromatic rings. The number of carbonyl (C=O) groups is 1. The fraction of sp³-hybridized carbons (Fsp3) is 0.158. The number of nitrogens with zero attached hydrogens (tertiary/aromatic N) is 3. The van der Waals surface area contributed by atoms with Crippen LogP contribution in [-0.4, -0.2) is 33.5 Å². The summed E-state index contributed by atoms with van der Waals surface area (Å²) in [5.41, 5.74) is 1.47. The Kier molecular flexibility index (Phi) is 5.46. The van der Waals surface area contributed by atoms with Gasteiger partial charge in [0.15, 0.2) is 0 Å². The van der Waals surface area contributed by atoms with Crippen molar-refractivity contribution in [3.8, 4) is 11.4 Å². The second-order valence-corrected chi connectivity index (χ2v) is 5.85. The molecule has 0 atom stereocenters. The number of carbonyl (C=O) groups excluding carboxylic acids is 1. The highest BCUT2D eigenvalue weighted by Gasteiger charge is 2.18. The normalized spacial score (nSPS) is 10.4. The second-order valence-electron chi connectivity index (χ2n) is 5.85. The number of benzene rings is 2. The standard InChI is InChI=1S/C19H18N4O4/c1-14-3-2-4-16(11-14)27-10-8-21-19(24)15-5-6-17(18(12-15)23(25)26)22-9-7-20-13-22/h2-7,9,11-13H,8,10H2,1H3,(H,21,24). The van der Waals surface area contributed by atoms with Crippen molar-refractivity contribution in [3.63, 3.8) is 0 Å². The van der Waals surface area contributed by atoms with Crippen LogP contribution in [0.1, 0.15) is 15.9 Å². The van der Waals surface area contributed by atoms with Crippen LogP contribution >= 0.6 is 0 Å². The van der Waals surface area contributed by atoms with E-state index in [1.165, 1.54) is 29.2 Å². The van der Waals surface area contributed by atoms with Crippen molar-refractivity contribution in [2.75, 3.05) is 13.2 Å². The first-order valence-corrected chi connectivity index (χ1v) is 8.29. The lowest BCUT2D eigenvalue weighted by atomic mass is 10.1. The van der Waals surface area contributed by atoms with Crippen LogP contribution in [0.15, 0.2) is 61.2 Å². The van der Waals surface area contributed by atoms with Gasteiger partial charge < -0.3 is 14.6 Å². The largest absolute Gasteiger partial charge is 0.492 e. The highest BCUT2D eigenvalue weighted by atomic mass is 16.6. The van der Waals surface area contributed by atoms with Gasteiger partial charge in [0, 0.05) is 24.0 Å². The van der Waals surface area contributed by atoms with Gasteiger partial charge in [0.2, 0.25) is 0 Å². The number of imidazole rings is 1. The molecule has 0 aliphatic rings. The zero-order valence-corrected chi connectivity index (χ0v) is 14.7. The van der Waals surface area contributed by atoms with Crippen LogP contribution in [0.25, 0.3) is 5.69 Å². The van der Waals surface area contributed by atoms with E-state index in [0.717, 1.165) is 11.3 Å². The van der Waals surface area contributed by atoms with Crippen molar-refractivity contribution in [1.29, 1.82) is 0 Å². The summed E-state index contributed by atoms with van der Waals surface area (Å²) in [7, 11) is 0. The molecule has 0 bridgehead atoms. The second kappa shape index (κ2) is 8.13. The number of hydrogen-bond acceptors (Lipinski definition) is 5. The molecule has 2 aromatic carbocycles. The summed E-state index contributed by atoms with van der Waals surface area (Å²) in [5, 5.41) is 14.1. The van der Waals surface area contributed by atoms with E-state index in [1.807, 2.05) is 31.2 Å². The van der Waals surface area contributed by atoms with Gasteiger partial charge in [-0.2, -0.15) is 0 Å². The van der Waals surface area contributed by atoms with Crippen LogP contribution in [0.5, 0.6) is 5.75 Å². The average molecular weight is 366 g/mol. The van der Waals surface area contributed by atoms with Gasteiger partial charge >= 0.3 is 0 Å². The Hall–Kier alpha value is -3.68. The molecule has 27 heavy (non-hydrogen) atoms. The molecular weight excluding hydrogens is 348 g/mol. The first-order valence-electron chi connectivity index (χ1n) is 8.29. The summed E-state index contributed by atoms with van der Waals surface area (Å²) < 4.78 is 7.09. The minimum atomic E-state index is -0.521. The van der Waals surface area contributed by atoms with Gasteiger partial charge in [0.05, 0.1) is 17.8 Å². The van der Waals surface area contributed by atoms with E-state index >= 15 is 0 Å². The molecule has 1 aromatic heterocycles. The van der Waals surface area contributed by atoms with Gasteiger partial charge in [-0.05, 0) is 36.8 Å². The minimum Gasteiger partial charge on any atom is -0.492 e. The van der Waals surface area contributed by atoms with Crippen molar-refractivity contribution < 1.29 is 14.5 Å². The molecule has 0 aliphatic heterocycles. The Morgan fingerprint density at radius 1 is 1.30 bits per heavy atom. The lowest BCUT2D eigenvalue weighted by Gasteiger charge is -2.09. The van der Waals surface area contributed by atoms with Crippen LogP contribution in [0.3, 0.4) is 0 Å². The summed E-state index contributed by atoms with van der Waals surface area (Å²) in [4.78, 5) is 27.0. The highest BCUT2D eigenvalue weighted by Crippen LogP contribution is 2.24. The summed E-state index contributed by atoms with van der Waals surface area (Å²) in [6.07, 6.45) is 4.59. The molecule has 0 aliphatic carbocycles. The van der Waals surface area contributed by atoms with Crippen LogP contribution in [0.2, 0.25) is 0 Å². The van der Waals surface area contributed by atoms with E-state index in [2.05, 4.69) is 10.3 Å². The molecule has 0 saturated carbocycles. The summed E-state index contributed by atoms with van der Waals surface area (Å²) in [6.45, 7) is 2.54. The van der Waals surface area contributed by atoms with Crippen LogP contribution < -0.4 is 10.1 Å². The van der Waals surface area contributed by atoms with Gasteiger partial charge in [-0.3, -0.25) is 14.9 Å². The Morgan fingerprint density at radius 2 is 2.15 bits per heavy atom. The van der Waals surface area contributed by atoms with Gasteiger partial charge in [0.1, 0.15) is 18.0 Å². The fourth-order valence-corrected chi connectivity index (χ4v) is 2.57. The Labute approximate surface area is 155 Å². The maximum Gasteiger partial charge on any atom is 0.294 e. The van der Waals surface area contributed by atoms with Crippen molar-refractivity contribution in [2.45, 2.75) is 6.92 Å². The number of ether oxygens (including phenoxy) is 1. The van der Waals surface area contributed by atoms with E-state index in [0.29, 0.717) is 12.3 Å². The topological polar surface area (TPSA) is 99.3 Å². The Morgan fingerprint density at radius 3 is 2.85 bits per heavy atom. The highest BCUT2D eigenvalue weighted by molar-refractivity contribution is 5.95. The average Bonchev–Trinajstić information content (AvgIpc) is 3.19. The maximum absolute atomic E-state index is 12.3. The van der Waals surface area contributed by atoms with E-state index in [9.17, 15) is 14.9 Å². The molecule has 1 heterocycles. The van der Waals surface area contributed by atoms with Gasteiger partial charge in [-0.1, -0.05) is 12.1 Å². The number of nitro benzene ring substituents is 1. The molecule has 1 amide bonds. The monoisotopic (exact) mass is 366 g/mol. The number of rotatable bonds is 7. The zero-order valence-electron chi connectivity index (χ0n) is 14.7. The quantitative estimate of drug-likeness (QED) is 0.394. The molecule has 138 valence electrons. The van der Waals surface area contributed by atoms with Crippen molar-refractivity contribution in [3.05, 3.63) is 82.4 Å². The zero-order chi connectivity index (χ0) is 19.2. The predicted molar refractivity (Wildman–Crippen MR) is 99.2 cm³/mol. The van der Waals surface area contributed by atoms with Crippen molar-refractivity contribution >= 4 is 11.6 Å². The number of aromatic nitrogens is 2. The number of nitrogens with one attached hydrogen (secondary N) is 1. The SMILES string of the molecule is Cc1cccc(OCCNC(=O)c2ccc(-n3ccnc3)c([N+](=O)[O-])c2)c1. The third-order valence-corrected chi connectivity index (χ3v) is 3.86. The van der Waals surface area contributed by atoms with Crippen molar-refractivity contribution in [2.24, 2.45) is 0 Å². The molecule has 0 saturated heterocycles. The minimum absolute atomic E-state index is 0.170. The maximum atomic E-state index is 12.3. The molecule has 0 spiro atoms. The van der Waals surface area contributed by atoms with Crippen LogP contribution in [0.4, 0.5) is 5.69 Å². The van der Waals surface area contributed by atoms with Crippen LogP contribution in [-0.2, 0) is 0 Å². The fourth-order valence-electron chi connectivity index (χ4n) is 2.57. The molecule has 0 radical (unpaired) electrons. The lowest BCUT2D eigenvalue weighted by Crippen LogP contribution is -2.28. The summed E-state index contributed by atoms with van der Waals surface area (Å²) in [5.74, 6) is 0.327.